The van der Waals surface area contributed by atoms with Crippen molar-refractivity contribution in [1.29, 1.82) is 0 Å². The molecule has 0 spiro atoms. The second kappa shape index (κ2) is 7.47. The molecule has 1 amide bonds. The van der Waals surface area contributed by atoms with E-state index < -0.39 is 5.97 Å². The van der Waals surface area contributed by atoms with Crippen molar-refractivity contribution in [3.8, 4) is 5.75 Å². The van der Waals surface area contributed by atoms with Crippen LogP contribution >= 0.6 is 22.6 Å². The Morgan fingerprint density at radius 1 is 1.04 bits per heavy atom. The highest BCUT2D eigenvalue weighted by atomic mass is 127. The van der Waals surface area contributed by atoms with Crippen LogP contribution in [0.4, 0.5) is 5.69 Å². The van der Waals surface area contributed by atoms with Crippen LogP contribution in [0.25, 0.3) is 0 Å². The van der Waals surface area contributed by atoms with Gasteiger partial charge in [0.15, 0.2) is 5.69 Å². The number of ether oxygens (including phenoxy) is 1. The zero-order chi connectivity index (χ0) is 17.8. The SMILES string of the molecule is Cn1ccc(C(=O)Oc2ccc(C(=O)Nc3ccc(I)cc3)cc2)n1. The molecule has 0 saturated heterocycles. The van der Waals surface area contributed by atoms with Crippen LogP contribution in [-0.4, -0.2) is 21.7 Å². The van der Waals surface area contributed by atoms with Gasteiger partial charge in [0, 0.05) is 28.1 Å². The minimum absolute atomic E-state index is 0.225. The summed E-state index contributed by atoms with van der Waals surface area (Å²) in [4.78, 5) is 24.2. The standard InChI is InChI=1S/C18H14IN3O3/c1-22-11-10-16(21-22)18(24)25-15-8-2-12(3-9-15)17(23)20-14-6-4-13(19)5-7-14/h2-11H,1H3,(H,20,23). The summed E-state index contributed by atoms with van der Waals surface area (Å²) in [6, 6.07) is 15.4. The van der Waals surface area contributed by atoms with E-state index in [0.29, 0.717) is 11.3 Å². The van der Waals surface area contributed by atoms with E-state index in [9.17, 15) is 9.59 Å². The highest BCUT2D eigenvalue weighted by Crippen LogP contribution is 2.16. The largest absolute Gasteiger partial charge is 0.422 e. The van der Waals surface area contributed by atoms with E-state index in [-0.39, 0.29) is 11.6 Å². The Hall–Kier alpha value is -2.68. The molecule has 1 N–H and O–H groups in total. The molecule has 25 heavy (non-hydrogen) atoms. The van der Waals surface area contributed by atoms with E-state index >= 15 is 0 Å². The summed E-state index contributed by atoms with van der Waals surface area (Å²) in [7, 11) is 1.72. The maximum absolute atomic E-state index is 12.2. The molecule has 0 fully saturated rings. The Labute approximate surface area is 157 Å². The first-order chi connectivity index (χ1) is 12.0. The highest BCUT2D eigenvalue weighted by molar-refractivity contribution is 14.1. The fourth-order valence-electron chi connectivity index (χ4n) is 2.09. The molecule has 0 aliphatic carbocycles. The quantitative estimate of drug-likeness (QED) is 0.378. The number of amides is 1. The average molecular weight is 447 g/mol. The fraction of sp³-hybridized carbons (Fsp3) is 0.0556. The summed E-state index contributed by atoms with van der Waals surface area (Å²) in [6.45, 7) is 0. The number of benzene rings is 2. The summed E-state index contributed by atoms with van der Waals surface area (Å²) in [5.41, 5.74) is 1.41. The Bertz CT molecular complexity index is 902. The summed E-state index contributed by atoms with van der Waals surface area (Å²) < 4.78 is 7.85. The van der Waals surface area contributed by atoms with Gasteiger partial charge in [0.1, 0.15) is 5.75 Å². The lowest BCUT2D eigenvalue weighted by Gasteiger charge is -2.07. The maximum atomic E-state index is 12.2. The van der Waals surface area contributed by atoms with Gasteiger partial charge in [0.25, 0.3) is 5.91 Å². The first-order valence-corrected chi connectivity index (χ1v) is 8.48. The average Bonchev–Trinajstić information content (AvgIpc) is 3.04. The van der Waals surface area contributed by atoms with Gasteiger partial charge in [-0.05, 0) is 77.2 Å². The Morgan fingerprint density at radius 2 is 1.72 bits per heavy atom. The summed E-state index contributed by atoms with van der Waals surface area (Å²) >= 11 is 2.20. The van der Waals surface area contributed by atoms with E-state index in [0.717, 1.165) is 9.26 Å². The number of anilines is 1. The molecule has 3 rings (SSSR count). The summed E-state index contributed by atoms with van der Waals surface area (Å²) in [6.07, 6.45) is 1.66. The molecule has 0 radical (unpaired) electrons. The van der Waals surface area contributed by atoms with E-state index in [1.165, 1.54) is 4.68 Å². The third-order valence-corrected chi connectivity index (χ3v) is 4.07. The number of nitrogens with one attached hydrogen (secondary N) is 1. The number of hydrogen-bond donors (Lipinski definition) is 1. The van der Waals surface area contributed by atoms with Crippen LogP contribution in [0.2, 0.25) is 0 Å². The molecule has 6 nitrogen and oxygen atoms in total. The monoisotopic (exact) mass is 447 g/mol. The molecule has 0 aliphatic heterocycles. The van der Waals surface area contributed by atoms with Crippen LogP contribution in [0.5, 0.6) is 5.75 Å². The lowest BCUT2D eigenvalue weighted by Crippen LogP contribution is -2.12. The zero-order valence-electron chi connectivity index (χ0n) is 13.3. The minimum atomic E-state index is -0.545. The maximum Gasteiger partial charge on any atom is 0.364 e. The van der Waals surface area contributed by atoms with Crippen molar-refractivity contribution in [2.24, 2.45) is 7.05 Å². The molecule has 3 aromatic rings. The van der Waals surface area contributed by atoms with Gasteiger partial charge in [0.05, 0.1) is 0 Å². The van der Waals surface area contributed by atoms with Gasteiger partial charge in [-0.2, -0.15) is 5.10 Å². The number of carbonyl (C=O) groups is 2. The molecular formula is C18H14IN3O3. The van der Waals surface area contributed by atoms with Gasteiger partial charge in [-0.1, -0.05) is 0 Å². The van der Waals surface area contributed by atoms with Crippen LogP contribution in [0.3, 0.4) is 0 Å². The third-order valence-electron chi connectivity index (χ3n) is 3.35. The number of aryl methyl sites for hydroxylation is 1. The van der Waals surface area contributed by atoms with Gasteiger partial charge in [0.2, 0.25) is 0 Å². The van der Waals surface area contributed by atoms with Gasteiger partial charge in [-0.3, -0.25) is 9.48 Å². The molecule has 0 saturated carbocycles. The summed E-state index contributed by atoms with van der Waals surface area (Å²) in [5.74, 6) is -0.429. The van der Waals surface area contributed by atoms with Crippen molar-refractivity contribution in [2.45, 2.75) is 0 Å². The number of hydrogen-bond acceptors (Lipinski definition) is 4. The first-order valence-electron chi connectivity index (χ1n) is 7.40. The number of rotatable bonds is 4. The minimum Gasteiger partial charge on any atom is -0.422 e. The molecule has 1 aromatic heterocycles. The Balaban J connectivity index is 1.64. The predicted molar refractivity (Wildman–Crippen MR) is 102 cm³/mol. The molecule has 7 heteroatoms. The lowest BCUT2D eigenvalue weighted by atomic mass is 10.2. The topological polar surface area (TPSA) is 73.2 Å². The lowest BCUT2D eigenvalue weighted by molar-refractivity contribution is 0.0727. The van der Waals surface area contributed by atoms with Gasteiger partial charge in [-0.15, -0.1) is 0 Å². The van der Waals surface area contributed by atoms with Gasteiger partial charge in [-0.25, -0.2) is 4.79 Å². The molecule has 2 aromatic carbocycles. The van der Waals surface area contributed by atoms with Crippen molar-refractivity contribution in [1.82, 2.24) is 9.78 Å². The van der Waals surface area contributed by atoms with Crippen LogP contribution in [-0.2, 0) is 7.05 Å². The molecule has 0 atom stereocenters. The second-order valence-electron chi connectivity index (χ2n) is 5.25. The first kappa shape index (κ1) is 17.2. The Kier molecular flexibility index (Phi) is 5.13. The van der Waals surface area contributed by atoms with Crippen molar-refractivity contribution in [3.05, 3.63) is 75.6 Å². The normalized spacial score (nSPS) is 10.3. The van der Waals surface area contributed by atoms with E-state index in [1.807, 2.05) is 24.3 Å². The van der Waals surface area contributed by atoms with Crippen LogP contribution in [0, 0.1) is 3.57 Å². The van der Waals surface area contributed by atoms with Crippen molar-refractivity contribution in [3.63, 3.8) is 0 Å². The number of esters is 1. The number of halogens is 1. The van der Waals surface area contributed by atoms with Crippen LogP contribution in [0.15, 0.2) is 60.8 Å². The smallest absolute Gasteiger partial charge is 0.364 e. The second-order valence-corrected chi connectivity index (χ2v) is 6.50. The molecule has 126 valence electrons. The third kappa shape index (κ3) is 4.44. The van der Waals surface area contributed by atoms with Crippen molar-refractivity contribution < 1.29 is 14.3 Å². The fourth-order valence-corrected chi connectivity index (χ4v) is 2.45. The van der Waals surface area contributed by atoms with Crippen molar-refractivity contribution in [2.75, 3.05) is 5.32 Å². The summed E-state index contributed by atoms with van der Waals surface area (Å²) in [5, 5.41) is 6.79. The van der Waals surface area contributed by atoms with Gasteiger partial charge < -0.3 is 10.1 Å². The van der Waals surface area contributed by atoms with Crippen LogP contribution in [0.1, 0.15) is 20.8 Å². The number of nitrogens with zero attached hydrogens (tertiary/aromatic N) is 2. The van der Waals surface area contributed by atoms with E-state index in [4.69, 9.17) is 4.74 Å². The van der Waals surface area contributed by atoms with Crippen molar-refractivity contribution >= 4 is 40.2 Å². The molecular weight excluding hydrogens is 433 g/mol. The number of carbonyl (C=O) groups excluding carboxylic acids is 2. The number of aromatic nitrogens is 2. The molecule has 0 aliphatic rings. The molecule has 0 bridgehead atoms. The molecule has 1 heterocycles. The van der Waals surface area contributed by atoms with Crippen LogP contribution < -0.4 is 10.1 Å². The molecule has 0 unspecified atom stereocenters. The van der Waals surface area contributed by atoms with E-state index in [1.54, 1.807) is 43.6 Å². The van der Waals surface area contributed by atoms with Gasteiger partial charge >= 0.3 is 5.97 Å². The van der Waals surface area contributed by atoms with E-state index in [2.05, 4.69) is 33.0 Å². The zero-order valence-corrected chi connectivity index (χ0v) is 15.4. The highest BCUT2D eigenvalue weighted by Gasteiger charge is 2.12. The Morgan fingerprint density at radius 3 is 2.32 bits per heavy atom. The predicted octanol–water partition coefficient (Wildman–Crippen LogP) is 3.50.